The van der Waals surface area contributed by atoms with E-state index in [2.05, 4.69) is 15.3 Å². The Balaban J connectivity index is 1.95. The third-order valence-corrected chi connectivity index (χ3v) is 4.03. The highest BCUT2D eigenvalue weighted by Crippen LogP contribution is 2.44. The highest BCUT2D eigenvalue weighted by atomic mass is 19.3. The summed E-state index contributed by atoms with van der Waals surface area (Å²) >= 11 is 0. The molecule has 0 bridgehead atoms. The monoisotopic (exact) mass is 368 g/mol. The smallest absolute Gasteiger partial charge is 0.310 e. The average molecular weight is 368 g/mol. The van der Waals surface area contributed by atoms with Crippen molar-refractivity contribution in [2.45, 2.75) is 25.4 Å². The van der Waals surface area contributed by atoms with E-state index in [9.17, 15) is 18.0 Å². The minimum absolute atomic E-state index is 0.00443. The third kappa shape index (κ3) is 2.98. The molecule has 0 spiro atoms. The largest absolute Gasteiger partial charge is 0.448 e. The summed E-state index contributed by atoms with van der Waals surface area (Å²) in [5.74, 6) is -4.80. The third-order valence-electron chi connectivity index (χ3n) is 4.03. The van der Waals surface area contributed by atoms with E-state index < -0.39 is 41.4 Å². The lowest BCUT2D eigenvalue weighted by Gasteiger charge is -2.39. The molecule has 1 aliphatic rings. The molecule has 2 heterocycles. The maximum atomic E-state index is 14.4. The number of amides is 1. The van der Waals surface area contributed by atoms with Gasteiger partial charge in [0, 0.05) is 18.2 Å². The van der Waals surface area contributed by atoms with Crippen molar-refractivity contribution in [2.24, 2.45) is 10.7 Å². The van der Waals surface area contributed by atoms with Crippen LogP contribution in [0.25, 0.3) is 0 Å². The topological polar surface area (TPSA) is 103 Å². The van der Waals surface area contributed by atoms with Crippen molar-refractivity contribution in [1.82, 2.24) is 4.98 Å². The van der Waals surface area contributed by atoms with Gasteiger partial charge in [0.1, 0.15) is 18.6 Å². The normalized spacial score (nSPS) is 21.7. The fourth-order valence-electron chi connectivity index (χ4n) is 2.53. The number of hydrogen-bond donors (Lipinski definition) is 2. The number of carbonyl (C=O) groups excluding carboxylic acids is 1. The molecule has 3 rings (SSSR count). The highest BCUT2D eigenvalue weighted by molar-refractivity contribution is 6.02. The maximum Gasteiger partial charge on any atom is 0.310 e. The number of halogens is 3. The first-order valence-electron chi connectivity index (χ1n) is 7.53. The van der Waals surface area contributed by atoms with E-state index in [-0.39, 0.29) is 17.3 Å². The van der Waals surface area contributed by atoms with E-state index in [0.717, 1.165) is 25.3 Å². The van der Waals surface area contributed by atoms with Crippen LogP contribution in [0.5, 0.6) is 0 Å². The van der Waals surface area contributed by atoms with Crippen molar-refractivity contribution >= 4 is 17.6 Å². The number of carbonyl (C=O) groups is 1. The van der Waals surface area contributed by atoms with Gasteiger partial charge in [-0.25, -0.2) is 14.4 Å². The number of hydrogen-bond acceptors (Lipinski definition) is 6. The van der Waals surface area contributed by atoms with Crippen LogP contribution in [0.4, 0.5) is 18.9 Å². The number of amidine groups is 1. The molecule has 26 heavy (non-hydrogen) atoms. The van der Waals surface area contributed by atoms with Gasteiger partial charge >= 0.3 is 5.92 Å². The molecule has 138 valence electrons. The minimum atomic E-state index is -3.51. The number of rotatable bonds is 3. The number of oxazole rings is 1. The molecule has 0 unspecified atom stereocenters. The predicted molar refractivity (Wildman–Crippen MR) is 85.5 cm³/mol. The van der Waals surface area contributed by atoms with Crippen molar-refractivity contribution in [3.8, 4) is 0 Å². The molecule has 10 heteroatoms. The Labute approximate surface area is 146 Å². The molecule has 3 N–H and O–H groups in total. The second-order valence-electron chi connectivity index (χ2n) is 5.89. The van der Waals surface area contributed by atoms with Crippen LogP contribution in [0.3, 0.4) is 0 Å². The Bertz CT molecular complexity index is 897. The van der Waals surface area contributed by atoms with Crippen molar-refractivity contribution in [2.75, 3.05) is 11.9 Å². The fraction of sp³-hybridized carbons (Fsp3) is 0.312. The van der Waals surface area contributed by atoms with Crippen LogP contribution in [0.15, 0.2) is 33.9 Å². The Morgan fingerprint density at radius 1 is 1.38 bits per heavy atom. The summed E-state index contributed by atoms with van der Waals surface area (Å²) in [5.41, 5.74) is 2.63. The van der Waals surface area contributed by atoms with E-state index in [4.69, 9.17) is 14.9 Å². The molecular weight excluding hydrogens is 353 g/mol. The number of aryl methyl sites for hydroxylation is 1. The first-order valence-corrected chi connectivity index (χ1v) is 7.53. The average Bonchev–Trinajstić information content (AvgIpc) is 3.00. The lowest BCUT2D eigenvalue weighted by atomic mass is 9.87. The Hall–Kier alpha value is -3.04. The van der Waals surface area contributed by atoms with Gasteiger partial charge in [0.25, 0.3) is 11.9 Å². The number of alkyl halides is 2. The zero-order chi connectivity index (χ0) is 19.1. The van der Waals surface area contributed by atoms with Crippen LogP contribution in [-0.4, -0.2) is 29.4 Å². The number of anilines is 1. The maximum absolute atomic E-state index is 14.4. The van der Waals surface area contributed by atoms with Crippen LogP contribution >= 0.6 is 0 Å². The van der Waals surface area contributed by atoms with Gasteiger partial charge in [-0.15, -0.1) is 0 Å². The van der Waals surface area contributed by atoms with Crippen LogP contribution in [0.1, 0.15) is 28.9 Å². The van der Waals surface area contributed by atoms with E-state index in [1.54, 1.807) is 6.92 Å². The molecule has 0 saturated heterocycles. The highest BCUT2D eigenvalue weighted by Gasteiger charge is 2.57. The molecule has 0 aliphatic carbocycles. The number of nitrogens with two attached hydrogens (primary N) is 1. The molecule has 2 aromatic rings. The second kappa shape index (κ2) is 6.04. The van der Waals surface area contributed by atoms with Gasteiger partial charge < -0.3 is 20.2 Å². The second-order valence-corrected chi connectivity index (χ2v) is 5.89. The van der Waals surface area contributed by atoms with Crippen LogP contribution in [0.2, 0.25) is 0 Å². The van der Waals surface area contributed by atoms with Crippen molar-refractivity contribution in [1.29, 1.82) is 0 Å². The number of nitrogens with zero attached hydrogens (tertiary/aromatic N) is 2. The molecule has 1 atom stereocenters. The fourth-order valence-corrected chi connectivity index (χ4v) is 2.53. The molecule has 0 saturated carbocycles. The van der Waals surface area contributed by atoms with Gasteiger partial charge in [0.2, 0.25) is 5.60 Å². The van der Waals surface area contributed by atoms with Crippen molar-refractivity contribution in [3.63, 3.8) is 0 Å². The van der Waals surface area contributed by atoms with Gasteiger partial charge in [-0.3, -0.25) is 4.79 Å². The Morgan fingerprint density at radius 3 is 2.77 bits per heavy atom. The zero-order valence-corrected chi connectivity index (χ0v) is 13.8. The molecule has 1 aliphatic heterocycles. The number of aromatic nitrogens is 1. The summed E-state index contributed by atoms with van der Waals surface area (Å²) in [6.07, 6.45) is 1.14. The molecule has 0 fully saturated rings. The summed E-state index contributed by atoms with van der Waals surface area (Å²) in [7, 11) is 0. The van der Waals surface area contributed by atoms with Crippen LogP contribution in [-0.2, 0) is 10.3 Å². The SMILES string of the molecule is Cc1nc(C(=O)Nc2ccc(F)c([C@@]3(C)OC(N)=NCC3(F)F)c2)co1. The molecule has 0 radical (unpaired) electrons. The van der Waals surface area contributed by atoms with Gasteiger partial charge in [-0.2, -0.15) is 8.78 Å². The summed E-state index contributed by atoms with van der Waals surface area (Å²) < 4.78 is 53.0. The lowest BCUT2D eigenvalue weighted by molar-refractivity contribution is -0.173. The molecule has 1 amide bonds. The predicted octanol–water partition coefficient (Wildman–Crippen LogP) is 2.57. The summed E-state index contributed by atoms with van der Waals surface area (Å²) in [5, 5.41) is 2.44. The summed E-state index contributed by atoms with van der Waals surface area (Å²) in [6.45, 7) is 1.63. The van der Waals surface area contributed by atoms with Gasteiger partial charge in [-0.05, 0) is 25.1 Å². The quantitative estimate of drug-likeness (QED) is 0.867. The number of ether oxygens (including phenoxy) is 1. The molecule has 1 aromatic heterocycles. The minimum Gasteiger partial charge on any atom is -0.448 e. The van der Waals surface area contributed by atoms with Gasteiger partial charge in [0.15, 0.2) is 11.6 Å². The molecule has 7 nitrogen and oxygen atoms in total. The van der Waals surface area contributed by atoms with E-state index >= 15 is 0 Å². The van der Waals surface area contributed by atoms with Gasteiger partial charge in [-0.1, -0.05) is 0 Å². The van der Waals surface area contributed by atoms with Gasteiger partial charge in [0.05, 0.1) is 0 Å². The lowest BCUT2D eigenvalue weighted by Crippen LogP contribution is -2.53. The number of aliphatic imine (C=N–C) groups is 1. The summed E-state index contributed by atoms with van der Waals surface area (Å²) in [6, 6.07) is 2.77. The van der Waals surface area contributed by atoms with E-state index in [1.165, 1.54) is 6.07 Å². The van der Waals surface area contributed by atoms with E-state index in [0.29, 0.717) is 0 Å². The molecule has 1 aromatic carbocycles. The first kappa shape index (κ1) is 17.8. The van der Waals surface area contributed by atoms with Crippen LogP contribution < -0.4 is 11.1 Å². The first-order chi connectivity index (χ1) is 12.1. The Kier molecular flexibility index (Phi) is 4.13. The number of benzene rings is 1. The standard InChI is InChI=1S/C16H15F3N4O3/c1-8-22-12(6-25-8)13(24)23-9-3-4-11(17)10(5-9)15(2)16(18,19)7-21-14(20)26-15/h3-6H,7H2,1-2H3,(H2,20,21)(H,23,24)/t15-/m1/s1. The van der Waals surface area contributed by atoms with Crippen LogP contribution in [0, 0.1) is 12.7 Å². The van der Waals surface area contributed by atoms with Crippen molar-refractivity contribution in [3.05, 3.63) is 47.4 Å². The summed E-state index contributed by atoms with van der Waals surface area (Å²) in [4.78, 5) is 19.3. The zero-order valence-electron chi connectivity index (χ0n) is 13.8. The van der Waals surface area contributed by atoms with E-state index in [1.807, 2.05) is 0 Å². The number of nitrogens with one attached hydrogen (secondary N) is 1. The molecular formula is C16H15F3N4O3. The van der Waals surface area contributed by atoms with Crippen molar-refractivity contribution < 1.29 is 27.1 Å². The Morgan fingerprint density at radius 2 is 2.12 bits per heavy atom.